The van der Waals surface area contributed by atoms with Gasteiger partial charge in [0.05, 0.1) is 0 Å². The number of hydrogen-bond acceptors (Lipinski definition) is 1. The second kappa shape index (κ2) is 6.84. The van der Waals surface area contributed by atoms with Gasteiger partial charge < -0.3 is 5.41 Å². The summed E-state index contributed by atoms with van der Waals surface area (Å²) < 4.78 is 0. The first-order valence-electron chi connectivity index (χ1n) is 4.65. The molecule has 0 rings (SSSR count). The molecule has 1 heteroatoms. The molecule has 1 nitrogen and oxygen atoms in total. The average molecular weight is 165 g/mol. The molecule has 0 heterocycles. The Balaban J connectivity index is 4.07. The smallest absolute Gasteiger partial charge is 0.0316 e. The van der Waals surface area contributed by atoms with Crippen LogP contribution in [0.4, 0.5) is 0 Å². The van der Waals surface area contributed by atoms with Crippen molar-refractivity contribution in [2.45, 2.75) is 39.5 Å². The predicted molar refractivity (Wildman–Crippen MR) is 55.8 cm³/mol. The molecular formula is C11H19N. The van der Waals surface area contributed by atoms with Crippen molar-refractivity contribution < 1.29 is 0 Å². The second-order valence-electron chi connectivity index (χ2n) is 2.95. The molecule has 12 heavy (non-hydrogen) atoms. The molecular weight excluding hydrogens is 146 g/mol. The molecule has 0 atom stereocenters. The Kier molecular flexibility index (Phi) is 6.35. The van der Waals surface area contributed by atoms with Crippen molar-refractivity contribution in [1.82, 2.24) is 0 Å². The standard InChI is InChI=1S/C11H19N/c1-4-7-10(6-3)9-11(12)8-5-2/h6,9,12H,3-5,7-8H2,1-2H3/b10-9+,12-11?. The summed E-state index contributed by atoms with van der Waals surface area (Å²) in [5.74, 6) is 0. The number of hydrogen-bond donors (Lipinski definition) is 1. The fourth-order valence-electron chi connectivity index (χ4n) is 1.09. The van der Waals surface area contributed by atoms with E-state index in [4.69, 9.17) is 5.41 Å². The minimum atomic E-state index is 0.723. The van der Waals surface area contributed by atoms with Crippen LogP contribution in [0.5, 0.6) is 0 Å². The molecule has 0 aromatic rings. The summed E-state index contributed by atoms with van der Waals surface area (Å²) in [5, 5.41) is 7.58. The van der Waals surface area contributed by atoms with Crippen LogP contribution in [-0.2, 0) is 0 Å². The summed E-state index contributed by atoms with van der Waals surface area (Å²) in [6.07, 6.45) is 7.88. The molecule has 0 unspecified atom stereocenters. The highest BCUT2D eigenvalue weighted by Crippen LogP contribution is 2.06. The first kappa shape index (κ1) is 11.2. The molecule has 0 amide bonds. The van der Waals surface area contributed by atoms with E-state index in [1.54, 1.807) is 0 Å². The van der Waals surface area contributed by atoms with Crippen molar-refractivity contribution in [2.75, 3.05) is 0 Å². The fraction of sp³-hybridized carbons (Fsp3) is 0.545. The fourth-order valence-corrected chi connectivity index (χ4v) is 1.09. The third-order valence-corrected chi connectivity index (χ3v) is 1.68. The van der Waals surface area contributed by atoms with Crippen LogP contribution in [0.15, 0.2) is 24.3 Å². The SMILES string of the molecule is C=C/C(=C\C(=N)CCC)CCC. The Bertz CT molecular complexity index is 177. The zero-order valence-electron chi connectivity index (χ0n) is 8.19. The van der Waals surface area contributed by atoms with Crippen LogP contribution in [-0.4, -0.2) is 5.71 Å². The third kappa shape index (κ3) is 4.89. The van der Waals surface area contributed by atoms with Gasteiger partial charge in [-0.05, 0) is 24.5 Å². The molecule has 0 saturated heterocycles. The van der Waals surface area contributed by atoms with Gasteiger partial charge in [0.15, 0.2) is 0 Å². The van der Waals surface area contributed by atoms with Gasteiger partial charge in [-0.25, -0.2) is 0 Å². The zero-order chi connectivity index (χ0) is 9.40. The monoisotopic (exact) mass is 165 g/mol. The van der Waals surface area contributed by atoms with E-state index in [9.17, 15) is 0 Å². The highest BCUT2D eigenvalue weighted by atomic mass is 14.4. The maximum Gasteiger partial charge on any atom is 0.0316 e. The van der Waals surface area contributed by atoms with E-state index in [0.29, 0.717) is 0 Å². The zero-order valence-corrected chi connectivity index (χ0v) is 8.19. The molecule has 0 saturated carbocycles. The minimum Gasteiger partial charge on any atom is -0.305 e. The maximum atomic E-state index is 7.58. The molecule has 0 radical (unpaired) electrons. The van der Waals surface area contributed by atoms with Crippen molar-refractivity contribution >= 4 is 5.71 Å². The molecule has 0 aliphatic rings. The van der Waals surface area contributed by atoms with Gasteiger partial charge in [0.2, 0.25) is 0 Å². The lowest BCUT2D eigenvalue weighted by Gasteiger charge is -1.99. The van der Waals surface area contributed by atoms with Gasteiger partial charge in [-0.15, -0.1) is 0 Å². The molecule has 0 aliphatic carbocycles. The van der Waals surface area contributed by atoms with Gasteiger partial charge in [0, 0.05) is 5.71 Å². The van der Waals surface area contributed by atoms with E-state index in [1.807, 2.05) is 12.2 Å². The number of allylic oxidation sites excluding steroid dienone is 3. The Morgan fingerprint density at radius 1 is 1.25 bits per heavy atom. The lowest BCUT2D eigenvalue weighted by molar-refractivity contribution is 0.925. The molecule has 0 bridgehead atoms. The molecule has 68 valence electrons. The summed E-state index contributed by atoms with van der Waals surface area (Å²) in [6.45, 7) is 7.96. The van der Waals surface area contributed by atoms with Crippen molar-refractivity contribution in [1.29, 1.82) is 5.41 Å². The van der Waals surface area contributed by atoms with Gasteiger partial charge in [0.1, 0.15) is 0 Å². The number of rotatable bonds is 6. The number of nitrogens with one attached hydrogen (secondary N) is 1. The largest absolute Gasteiger partial charge is 0.305 e. The summed E-state index contributed by atoms with van der Waals surface area (Å²) in [4.78, 5) is 0. The van der Waals surface area contributed by atoms with Gasteiger partial charge >= 0.3 is 0 Å². The quantitative estimate of drug-likeness (QED) is 0.458. The van der Waals surface area contributed by atoms with E-state index in [-0.39, 0.29) is 0 Å². The molecule has 1 N–H and O–H groups in total. The van der Waals surface area contributed by atoms with Crippen LogP contribution >= 0.6 is 0 Å². The van der Waals surface area contributed by atoms with E-state index >= 15 is 0 Å². The van der Waals surface area contributed by atoms with E-state index in [2.05, 4.69) is 20.4 Å². The Labute approximate surface area is 75.7 Å². The van der Waals surface area contributed by atoms with Crippen molar-refractivity contribution in [3.63, 3.8) is 0 Å². The summed E-state index contributed by atoms with van der Waals surface area (Å²) >= 11 is 0. The predicted octanol–water partition coefficient (Wildman–Crippen LogP) is 3.72. The molecule has 0 aromatic carbocycles. The third-order valence-electron chi connectivity index (χ3n) is 1.68. The molecule has 0 aromatic heterocycles. The van der Waals surface area contributed by atoms with Crippen LogP contribution in [0.1, 0.15) is 39.5 Å². The first-order chi connectivity index (χ1) is 5.74. The first-order valence-corrected chi connectivity index (χ1v) is 4.65. The second-order valence-corrected chi connectivity index (χ2v) is 2.95. The minimum absolute atomic E-state index is 0.723. The van der Waals surface area contributed by atoms with E-state index < -0.39 is 0 Å². The van der Waals surface area contributed by atoms with Crippen LogP contribution in [0, 0.1) is 5.41 Å². The molecule has 0 fully saturated rings. The Morgan fingerprint density at radius 2 is 1.83 bits per heavy atom. The lowest BCUT2D eigenvalue weighted by atomic mass is 10.1. The van der Waals surface area contributed by atoms with Crippen LogP contribution in [0.3, 0.4) is 0 Å². The van der Waals surface area contributed by atoms with Gasteiger partial charge in [-0.3, -0.25) is 0 Å². The van der Waals surface area contributed by atoms with Gasteiger partial charge in [-0.2, -0.15) is 0 Å². The Morgan fingerprint density at radius 3 is 2.25 bits per heavy atom. The van der Waals surface area contributed by atoms with Crippen LogP contribution in [0.2, 0.25) is 0 Å². The average Bonchev–Trinajstić information content (AvgIpc) is 2.04. The topological polar surface area (TPSA) is 23.9 Å². The summed E-state index contributed by atoms with van der Waals surface area (Å²) in [6, 6.07) is 0. The molecule has 0 aliphatic heterocycles. The Hall–Kier alpha value is -0.850. The van der Waals surface area contributed by atoms with Gasteiger partial charge in [0.25, 0.3) is 0 Å². The normalized spacial score (nSPS) is 11.3. The van der Waals surface area contributed by atoms with Crippen LogP contribution in [0.25, 0.3) is 0 Å². The van der Waals surface area contributed by atoms with E-state index in [0.717, 1.165) is 31.4 Å². The lowest BCUT2D eigenvalue weighted by Crippen LogP contribution is -1.91. The van der Waals surface area contributed by atoms with Crippen molar-refractivity contribution in [3.05, 3.63) is 24.3 Å². The van der Waals surface area contributed by atoms with Crippen molar-refractivity contribution in [3.8, 4) is 0 Å². The van der Waals surface area contributed by atoms with Gasteiger partial charge in [-0.1, -0.05) is 39.3 Å². The summed E-state index contributed by atoms with van der Waals surface area (Å²) in [5.41, 5.74) is 1.91. The highest BCUT2D eigenvalue weighted by Gasteiger charge is 1.93. The van der Waals surface area contributed by atoms with Crippen LogP contribution < -0.4 is 0 Å². The highest BCUT2D eigenvalue weighted by molar-refractivity contribution is 5.93. The molecule has 0 spiro atoms. The maximum absolute atomic E-state index is 7.58. The summed E-state index contributed by atoms with van der Waals surface area (Å²) in [7, 11) is 0. The van der Waals surface area contributed by atoms with Crippen molar-refractivity contribution in [2.24, 2.45) is 0 Å². The van der Waals surface area contributed by atoms with E-state index in [1.165, 1.54) is 5.57 Å².